The number of pyridine rings is 3. The van der Waals surface area contributed by atoms with Gasteiger partial charge in [0.1, 0.15) is 5.65 Å². The molecule has 0 N–H and O–H groups in total. The quantitative estimate of drug-likeness (QED) is 0.127. The van der Waals surface area contributed by atoms with Crippen LogP contribution in [0.1, 0.15) is 33.4 Å². The Bertz CT molecular complexity index is 3500. The predicted molar refractivity (Wildman–Crippen MR) is 241 cm³/mol. The number of ether oxygens (including phenoxy) is 1. The molecule has 5 heterocycles. The molecule has 60 heavy (non-hydrogen) atoms. The number of rotatable bonds is 5. The Labute approximate surface area is 362 Å². The first-order valence-electron chi connectivity index (χ1n) is 20.0. The first-order valence-corrected chi connectivity index (χ1v) is 20.0. The van der Waals surface area contributed by atoms with E-state index in [9.17, 15) is 0 Å². The van der Waals surface area contributed by atoms with E-state index in [1.54, 1.807) is 0 Å². The van der Waals surface area contributed by atoms with Crippen molar-refractivity contribution in [2.45, 2.75) is 41.5 Å². The summed E-state index contributed by atoms with van der Waals surface area (Å²) in [6.45, 7) is 12.9. The van der Waals surface area contributed by atoms with Crippen LogP contribution in [-0.4, -0.2) is 23.8 Å². The SMILES string of the molecule is Cc1cccc(C)c1-c1ccc2c3ccc(Oc4[c-]c5c(cc4)c4ccccc4n4c(-c6c(C)cccc6C)cnc54)[c-]c3c3ncc(-c4c(C)cccc4C)n3c2n1.[Pt+2]. The maximum Gasteiger partial charge on any atom is 2.00 e. The van der Waals surface area contributed by atoms with Crippen molar-refractivity contribution >= 4 is 54.8 Å². The predicted octanol–water partition coefficient (Wildman–Crippen LogP) is 13.2. The summed E-state index contributed by atoms with van der Waals surface area (Å²) in [6, 6.07) is 47.6. The van der Waals surface area contributed by atoms with Gasteiger partial charge < -0.3 is 13.5 Å². The van der Waals surface area contributed by atoms with Gasteiger partial charge in [0.2, 0.25) is 0 Å². The molecular formula is C53H39N5OPt. The minimum absolute atomic E-state index is 0. The van der Waals surface area contributed by atoms with Crippen molar-refractivity contribution in [3.63, 3.8) is 0 Å². The molecule has 0 amide bonds. The molecule has 5 aromatic heterocycles. The molecule has 0 bridgehead atoms. The maximum absolute atomic E-state index is 6.68. The zero-order chi connectivity index (χ0) is 40.1. The summed E-state index contributed by atoms with van der Waals surface area (Å²) < 4.78 is 11.2. The van der Waals surface area contributed by atoms with Crippen LogP contribution in [0.25, 0.3) is 88.5 Å². The number of benzene rings is 6. The fourth-order valence-corrected chi connectivity index (χ4v) is 9.38. The molecule has 0 fully saturated rings. The van der Waals surface area contributed by atoms with Crippen molar-refractivity contribution in [1.29, 1.82) is 0 Å². The Balaban J connectivity index is 0.00000433. The van der Waals surface area contributed by atoms with Crippen LogP contribution in [-0.2, 0) is 21.1 Å². The fraction of sp³-hybridized carbons (Fsp3) is 0.113. The number of imidazole rings is 2. The van der Waals surface area contributed by atoms with E-state index in [4.69, 9.17) is 19.7 Å². The summed E-state index contributed by atoms with van der Waals surface area (Å²) in [5.74, 6) is 1.15. The first kappa shape index (κ1) is 37.6. The number of nitrogens with zero attached hydrogens (tertiary/aromatic N) is 5. The zero-order valence-corrected chi connectivity index (χ0v) is 36.4. The van der Waals surface area contributed by atoms with Gasteiger partial charge in [0, 0.05) is 46.1 Å². The Morgan fingerprint density at radius 2 is 0.900 bits per heavy atom. The van der Waals surface area contributed by atoms with Crippen LogP contribution in [0.5, 0.6) is 11.5 Å². The van der Waals surface area contributed by atoms with E-state index in [1.807, 2.05) is 24.5 Å². The van der Waals surface area contributed by atoms with Crippen LogP contribution in [0, 0.1) is 53.7 Å². The second-order valence-electron chi connectivity index (χ2n) is 15.8. The van der Waals surface area contributed by atoms with E-state index >= 15 is 0 Å². The maximum atomic E-state index is 6.68. The molecule has 0 spiro atoms. The molecule has 6 nitrogen and oxygen atoms in total. The Kier molecular flexibility index (Phi) is 8.96. The molecule has 0 saturated carbocycles. The number of fused-ring (bicyclic) bond motifs is 12. The van der Waals surface area contributed by atoms with Gasteiger partial charge in [0.05, 0.1) is 28.4 Å². The van der Waals surface area contributed by atoms with Crippen LogP contribution < -0.4 is 4.74 Å². The molecule has 11 rings (SSSR count). The van der Waals surface area contributed by atoms with Crippen molar-refractivity contribution in [3.8, 4) is 45.3 Å². The molecule has 0 atom stereocenters. The van der Waals surface area contributed by atoms with E-state index in [0.717, 1.165) is 83.0 Å². The molecule has 6 aromatic carbocycles. The Hall–Kier alpha value is -6.62. The molecule has 0 aliphatic heterocycles. The molecule has 0 aliphatic carbocycles. The van der Waals surface area contributed by atoms with Gasteiger partial charge in [0.25, 0.3) is 0 Å². The fourth-order valence-electron chi connectivity index (χ4n) is 9.38. The molecule has 292 valence electrons. The summed E-state index contributed by atoms with van der Waals surface area (Å²) >= 11 is 0. The van der Waals surface area contributed by atoms with Gasteiger partial charge in [-0.3, -0.25) is 9.97 Å². The number of hydrogen-bond acceptors (Lipinski definition) is 4. The van der Waals surface area contributed by atoms with E-state index in [-0.39, 0.29) is 21.1 Å². The van der Waals surface area contributed by atoms with Crippen molar-refractivity contribution in [3.05, 3.63) is 173 Å². The second-order valence-corrected chi connectivity index (χ2v) is 15.8. The van der Waals surface area contributed by atoms with E-state index < -0.39 is 0 Å². The van der Waals surface area contributed by atoms with E-state index in [0.29, 0.717) is 11.5 Å². The van der Waals surface area contributed by atoms with E-state index in [1.165, 1.54) is 38.9 Å². The summed E-state index contributed by atoms with van der Waals surface area (Å²) in [4.78, 5) is 15.6. The summed E-state index contributed by atoms with van der Waals surface area (Å²) in [5.41, 5.74) is 17.2. The Morgan fingerprint density at radius 3 is 1.47 bits per heavy atom. The van der Waals surface area contributed by atoms with Gasteiger partial charge in [-0.2, -0.15) is 0 Å². The average Bonchev–Trinajstić information content (AvgIpc) is 3.87. The second kappa shape index (κ2) is 14.3. The van der Waals surface area contributed by atoms with Crippen molar-refractivity contribution in [1.82, 2.24) is 23.8 Å². The van der Waals surface area contributed by atoms with Gasteiger partial charge in [-0.05, 0) is 97.8 Å². The van der Waals surface area contributed by atoms with Crippen molar-refractivity contribution in [2.75, 3.05) is 0 Å². The third-order valence-electron chi connectivity index (χ3n) is 12.1. The van der Waals surface area contributed by atoms with Crippen LogP contribution in [0.15, 0.2) is 128 Å². The van der Waals surface area contributed by atoms with Gasteiger partial charge in [-0.1, -0.05) is 125 Å². The summed E-state index contributed by atoms with van der Waals surface area (Å²) in [5, 5.41) is 5.97. The van der Waals surface area contributed by atoms with Gasteiger partial charge in [0.15, 0.2) is 0 Å². The minimum Gasteiger partial charge on any atom is -0.497 e. The number of aromatic nitrogens is 5. The molecule has 0 aliphatic rings. The standard InChI is InChI=1S/C53H39N5O.Pt/c1-30-12-9-13-31(2)48(30)44-25-24-41-39-23-21-37(27-43(39)52-55-29-47(58(52)53(41)56-44)50-34(5)16-11-17-35(50)6)59-36-20-22-38-40-18-7-8-19-45(40)57-46(28-54-51(57)42(38)26-36)49-32(3)14-10-15-33(49)4;/h7-25,28-29H,1-6H3;/q-2;+2. The minimum atomic E-state index is 0. The molecule has 0 unspecified atom stereocenters. The third kappa shape index (κ3) is 5.69. The largest absolute Gasteiger partial charge is 2.00 e. The smallest absolute Gasteiger partial charge is 0.497 e. The molecule has 0 radical (unpaired) electrons. The van der Waals surface area contributed by atoms with Crippen LogP contribution in [0.4, 0.5) is 0 Å². The van der Waals surface area contributed by atoms with Crippen molar-refractivity contribution in [2.24, 2.45) is 0 Å². The topological polar surface area (TPSA) is 56.7 Å². The van der Waals surface area contributed by atoms with Gasteiger partial charge in [-0.15, -0.1) is 12.1 Å². The monoisotopic (exact) mass is 956 g/mol. The summed E-state index contributed by atoms with van der Waals surface area (Å²) in [6.07, 6.45) is 3.96. The molecule has 0 saturated heterocycles. The third-order valence-corrected chi connectivity index (χ3v) is 12.1. The van der Waals surface area contributed by atoms with Gasteiger partial charge >= 0.3 is 21.1 Å². The molecule has 7 heteroatoms. The normalized spacial score (nSPS) is 11.7. The first-order chi connectivity index (χ1) is 28.7. The number of hydrogen-bond donors (Lipinski definition) is 0. The van der Waals surface area contributed by atoms with Crippen LogP contribution in [0.2, 0.25) is 0 Å². The molecular weight excluding hydrogens is 918 g/mol. The molecule has 11 aromatic rings. The van der Waals surface area contributed by atoms with Crippen LogP contribution in [0.3, 0.4) is 0 Å². The zero-order valence-electron chi connectivity index (χ0n) is 34.1. The Morgan fingerprint density at radius 1 is 0.433 bits per heavy atom. The van der Waals surface area contributed by atoms with Gasteiger partial charge in [-0.25, -0.2) is 4.98 Å². The van der Waals surface area contributed by atoms with Crippen LogP contribution >= 0.6 is 0 Å². The van der Waals surface area contributed by atoms with E-state index in [2.05, 4.69) is 166 Å². The average molecular weight is 957 g/mol. The van der Waals surface area contributed by atoms with Crippen molar-refractivity contribution < 1.29 is 25.8 Å². The summed E-state index contributed by atoms with van der Waals surface area (Å²) in [7, 11) is 0. The number of aryl methyl sites for hydroxylation is 6. The number of para-hydroxylation sites is 1.